The van der Waals surface area contributed by atoms with Crippen LogP contribution < -0.4 is 5.32 Å². The molecule has 7 heteroatoms. The number of nitriles is 1. The molecule has 2 N–H and O–H groups in total. The van der Waals surface area contributed by atoms with Crippen molar-refractivity contribution in [1.82, 2.24) is 0 Å². The number of benzene rings is 1. The summed E-state index contributed by atoms with van der Waals surface area (Å²) in [7, 11) is 0. The second-order valence-corrected chi connectivity index (χ2v) is 3.87. The molecule has 0 aliphatic rings. The molecule has 0 aliphatic heterocycles. The van der Waals surface area contributed by atoms with E-state index < -0.39 is 17.8 Å². The smallest absolute Gasteiger partial charge is 0.390 e. The molecule has 3 nitrogen and oxygen atoms in total. The van der Waals surface area contributed by atoms with E-state index >= 15 is 0 Å². The fraction of sp³-hybridized carbons (Fsp3) is 0.364. The van der Waals surface area contributed by atoms with Crippen LogP contribution in [0.4, 0.5) is 18.9 Å². The monoisotopic (exact) mass is 278 g/mol. The molecule has 1 aromatic rings. The van der Waals surface area contributed by atoms with Gasteiger partial charge in [-0.05, 0) is 18.2 Å². The Bertz CT molecular complexity index is 457. The SMILES string of the molecule is N#Cc1ccc(NCC(O)CCl)c(C(F)(F)F)c1. The van der Waals surface area contributed by atoms with Gasteiger partial charge in [0.25, 0.3) is 0 Å². The maximum absolute atomic E-state index is 12.7. The molecule has 0 radical (unpaired) electrons. The van der Waals surface area contributed by atoms with Crippen LogP contribution in [0.5, 0.6) is 0 Å². The van der Waals surface area contributed by atoms with Gasteiger partial charge < -0.3 is 10.4 Å². The van der Waals surface area contributed by atoms with Gasteiger partial charge in [-0.3, -0.25) is 0 Å². The molecule has 1 aromatic carbocycles. The average Bonchev–Trinajstić information content (AvgIpc) is 2.34. The second-order valence-electron chi connectivity index (χ2n) is 3.56. The standard InChI is InChI=1S/C11H10ClF3N2O/c12-4-8(18)6-17-10-2-1-7(5-16)3-9(10)11(13,14)15/h1-3,8,17-18H,4,6H2. The van der Waals surface area contributed by atoms with Gasteiger partial charge in [-0.1, -0.05) is 0 Å². The van der Waals surface area contributed by atoms with Crippen molar-refractivity contribution < 1.29 is 18.3 Å². The Morgan fingerprint density at radius 1 is 1.44 bits per heavy atom. The highest BCUT2D eigenvalue weighted by Crippen LogP contribution is 2.35. The molecule has 0 bridgehead atoms. The summed E-state index contributed by atoms with van der Waals surface area (Å²) >= 11 is 5.34. The van der Waals surface area contributed by atoms with E-state index in [1.54, 1.807) is 6.07 Å². The van der Waals surface area contributed by atoms with E-state index in [4.69, 9.17) is 16.9 Å². The Morgan fingerprint density at radius 3 is 2.61 bits per heavy atom. The lowest BCUT2D eigenvalue weighted by atomic mass is 10.1. The summed E-state index contributed by atoms with van der Waals surface area (Å²) in [5.74, 6) is -0.0787. The summed E-state index contributed by atoms with van der Waals surface area (Å²) < 4.78 is 38.2. The first kappa shape index (κ1) is 14.6. The van der Waals surface area contributed by atoms with E-state index in [1.807, 2.05) is 0 Å². The van der Waals surface area contributed by atoms with E-state index in [1.165, 1.54) is 6.07 Å². The predicted octanol–water partition coefficient (Wildman–Crippen LogP) is 2.59. The average molecular weight is 279 g/mol. The van der Waals surface area contributed by atoms with Crippen molar-refractivity contribution in [3.63, 3.8) is 0 Å². The highest BCUT2D eigenvalue weighted by molar-refractivity contribution is 6.18. The molecule has 1 atom stereocenters. The molecule has 1 unspecified atom stereocenters. The number of nitrogens with one attached hydrogen (secondary N) is 1. The topological polar surface area (TPSA) is 56.0 Å². The molecule has 0 saturated carbocycles. The quantitative estimate of drug-likeness (QED) is 0.833. The summed E-state index contributed by atoms with van der Waals surface area (Å²) in [4.78, 5) is 0. The van der Waals surface area contributed by atoms with Crippen LogP contribution in [0.25, 0.3) is 0 Å². The maximum Gasteiger partial charge on any atom is 0.418 e. The predicted molar refractivity (Wildman–Crippen MR) is 61.4 cm³/mol. The van der Waals surface area contributed by atoms with Crippen LogP contribution in [0.2, 0.25) is 0 Å². The van der Waals surface area contributed by atoms with Gasteiger partial charge in [0.1, 0.15) is 0 Å². The number of aliphatic hydroxyl groups is 1. The lowest BCUT2D eigenvalue weighted by molar-refractivity contribution is -0.137. The number of halogens is 4. The van der Waals surface area contributed by atoms with Crippen molar-refractivity contribution >= 4 is 17.3 Å². The molecular formula is C11H10ClF3N2O. The van der Waals surface area contributed by atoms with Crippen molar-refractivity contribution in [2.24, 2.45) is 0 Å². The van der Waals surface area contributed by atoms with Gasteiger partial charge in [0, 0.05) is 12.2 Å². The Labute approximate surface area is 107 Å². The van der Waals surface area contributed by atoms with Crippen LogP contribution in [-0.2, 0) is 6.18 Å². The molecular weight excluding hydrogens is 269 g/mol. The summed E-state index contributed by atoms with van der Waals surface area (Å²) in [5.41, 5.74) is -1.21. The van der Waals surface area contributed by atoms with Crippen molar-refractivity contribution in [3.8, 4) is 6.07 Å². The third-order valence-corrected chi connectivity index (χ3v) is 2.52. The number of rotatable bonds is 4. The number of alkyl halides is 4. The van der Waals surface area contributed by atoms with Crippen LogP contribution in [0.1, 0.15) is 11.1 Å². The van der Waals surface area contributed by atoms with Gasteiger partial charge in [0.2, 0.25) is 0 Å². The summed E-state index contributed by atoms with van der Waals surface area (Å²) in [6.45, 7) is -0.0987. The molecule has 0 saturated heterocycles. The first-order valence-corrected chi connectivity index (χ1v) is 5.51. The minimum atomic E-state index is -4.57. The first-order chi connectivity index (χ1) is 8.38. The van der Waals surface area contributed by atoms with E-state index in [0.29, 0.717) is 0 Å². The highest BCUT2D eigenvalue weighted by Gasteiger charge is 2.33. The molecule has 0 fully saturated rings. The van der Waals surface area contributed by atoms with Gasteiger partial charge in [0.15, 0.2) is 0 Å². The number of hydrogen-bond donors (Lipinski definition) is 2. The third-order valence-electron chi connectivity index (χ3n) is 2.16. The van der Waals surface area contributed by atoms with Crippen LogP contribution in [-0.4, -0.2) is 23.6 Å². The van der Waals surface area contributed by atoms with Crippen molar-refractivity contribution in [1.29, 1.82) is 5.26 Å². The zero-order valence-corrected chi connectivity index (χ0v) is 9.89. The molecule has 0 heterocycles. The molecule has 0 aromatic heterocycles. The second kappa shape index (κ2) is 5.94. The number of aliphatic hydroxyl groups excluding tert-OH is 1. The number of nitrogens with zero attached hydrogens (tertiary/aromatic N) is 1. The zero-order valence-electron chi connectivity index (χ0n) is 9.13. The van der Waals surface area contributed by atoms with Crippen LogP contribution in [0.3, 0.4) is 0 Å². The fourth-order valence-corrected chi connectivity index (χ4v) is 1.39. The van der Waals surface area contributed by atoms with Crippen molar-refractivity contribution in [2.45, 2.75) is 12.3 Å². The number of hydrogen-bond acceptors (Lipinski definition) is 3. The Morgan fingerprint density at radius 2 is 2.11 bits per heavy atom. The molecule has 0 spiro atoms. The van der Waals surface area contributed by atoms with E-state index in [2.05, 4.69) is 5.32 Å². The van der Waals surface area contributed by atoms with Gasteiger partial charge in [-0.15, -0.1) is 11.6 Å². The molecule has 98 valence electrons. The Kier molecular flexibility index (Phi) is 4.82. The van der Waals surface area contributed by atoms with E-state index in [9.17, 15) is 18.3 Å². The van der Waals surface area contributed by atoms with Gasteiger partial charge in [-0.2, -0.15) is 18.4 Å². The highest BCUT2D eigenvalue weighted by atomic mass is 35.5. The molecule has 1 rings (SSSR count). The summed E-state index contributed by atoms with van der Waals surface area (Å²) in [5, 5.41) is 20.2. The Balaban J connectivity index is 3.01. The normalized spacial score (nSPS) is 12.9. The Hall–Kier alpha value is -1.45. The van der Waals surface area contributed by atoms with Crippen molar-refractivity contribution in [2.75, 3.05) is 17.7 Å². The molecule has 0 amide bonds. The molecule has 18 heavy (non-hydrogen) atoms. The van der Waals surface area contributed by atoms with Gasteiger partial charge in [-0.25, -0.2) is 0 Å². The zero-order chi connectivity index (χ0) is 13.8. The lowest BCUT2D eigenvalue weighted by Gasteiger charge is -2.16. The largest absolute Gasteiger partial charge is 0.418 e. The van der Waals surface area contributed by atoms with Gasteiger partial charge in [0.05, 0.1) is 29.2 Å². The minimum absolute atomic E-state index is 0.0780. The van der Waals surface area contributed by atoms with Crippen LogP contribution >= 0.6 is 11.6 Å². The maximum atomic E-state index is 12.7. The minimum Gasteiger partial charge on any atom is -0.390 e. The number of anilines is 1. The summed E-state index contributed by atoms with van der Waals surface area (Å²) in [6, 6.07) is 4.83. The first-order valence-electron chi connectivity index (χ1n) is 4.97. The van der Waals surface area contributed by atoms with E-state index in [-0.39, 0.29) is 23.7 Å². The summed E-state index contributed by atoms with van der Waals surface area (Å²) in [6.07, 6.45) is -5.51. The van der Waals surface area contributed by atoms with Crippen molar-refractivity contribution in [3.05, 3.63) is 29.3 Å². The lowest BCUT2D eigenvalue weighted by Crippen LogP contribution is -2.22. The van der Waals surface area contributed by atoms with Gasteiger partial charge >= 0.3 is 6.18 Å². The fourth-order valence-electron chi connectivity index (χ4n) is 1.28. The third kappa shape index (κ3) is 3.79. The van der Waals surface area contributed by atoms with E-state index in [0.717, 1.165) is 12.1 Å². The van der Waals surface area contributed by atoms with Crippen LogP contribution in [0, 0.1) is 11.3 Å². The molecule has 0 aliphatic carbocycles. The van der Waals surface area contributed by atoms with Crippen LogP contribution in [0.15, 0.2) is 18.2 Å².